The molecule has 1 aromatic carbocycles. The van der Waals surface area contributed by atoms with E-state index in [2.05, 4.69) is 15.2 Å². The topological polar surface area (TPSA) is 88.6 Å². The molecule has 1 aliphatic heterocycles. The Morgan fingerprint density at radius 2 is 1.97 bits per heavy atom. The minimum atomic E-state index is -0.516. The standard InChI is InChI=1S/C25H25N3O4/c1-5-32-25(31)21-12-28(18-6-7-18)23-15(3)19(8-9-20(23)22(21)13-29)17-10-14(2)24(26-11-17)27-16(4)30/h8-12,18H,5-7H2,1-4H3,(H,26,27,30). The van der Waals surface area contributed by atoms with Crippen LogP contribution in [0.2, 0.25) is 0 Å². The Bertz CT molecular complexity index is 1200. The number of carbonyl (C=O) groups is 2. The highest BCUT2D eigenvalue weighted by molar-refractivity contribution is 6.17. The molecule has 4 rings (SSSR count). The maximum atomic E-state index is 12.5. The third kappa shape index (κ3) is 3.83. The van der Waals surface area contributed by atoms with Gasteiger partial charge in [-0.15, -0.1) is 0 Å². The molecule has 2 heterocycles. The highest BCUT2D eigenvalue weighted by Crippen LogP contribution is 2.46. The Balaban J connectivity index is 1.83. The summed E-state index contributed by atoms with van der Waals surface area (Å²) in [6.07, 6.45) is 5.50. The van der Waals surface area contributed by atoms with Crippen LogP contribution in [0.15, 0.2) is 36.2 Å². The van der Waals surface area contributed by atoms with E-state index >= 15 is 0 Å². The third-order valence-corrected chi connectivity index (χ3v) is 5.72. The summed E-state index contributed by atoms with van der Waals surface area (Å²) in [6.45, 7) is 7.32. The zero-order valence-electron chi connectivity index (χ0n) is 18.6. The maximum Gasteiger partial charge on any atom is 0.341 e. The Hall–Kier alpha value is -3.70. The number of aromatic nitrogens is 1. The van der Waals surface area contributed by atoms with Crippen molar-refractivity contribution in [2.45, 2.75) is 46.6 Å². The predicted molar refractivity (Wildman–Crippen MR) is 123 cm³/mol. The Kier molecular flexibility index (Phi) is 5.68. The molecule has 0 spiro atoms. The van der Waals surface area contributed by atoms with Crippen molar-refractivity contribution in [1.82, 2.24) is 4.98 Å². The number of pyridine rings is 1. The first-order valence-electron chi connectivity index (χ1n) is 10.7. The average molecular weight is 431 g/mol. The lowest BCUT2D eigenvalue weighted by Crippen LogP contribution is -2.28. The van der Waals surface area contributed by atoms with Crippen LogP contribution >= 0.6 is 0 Å². The van der Waals surface area contributed by atoms with Crippen molar-refractivity contribution in [2.24, 2.45) is 0 Å². The lowest BCUT2D eigenvalue weighted by molar-refractivity contribution is -0.138. The molecule has 1 fully saturated rings. The second-order valence-electron chi connectivity index (χ2n) is 8.08. The SMILES string of the molecule is CCOC(=O)C1=CN(C2CC2)c2c(ccc(-c3cnc(NC(C)=O)c(C)c3)c2C)C1=C=O. The molecule has 0 bridgehead atoms. The monoisotopic (exact) mass is 431 g/mol. The largest absolute Gasteiger partial charge is 0.462 e. The smallest absolute Gasteiger partial charge is 0.341 e. The molecule has 0 atom stereocenters. The third-order valence-electron chi connectivity index (χ3n) is 5.72. The molecule has 1 aliphatic carbocycles. The lowest BCUT2D eigenvalue weighted by Gasteiger charge is -2.32. The number of rotatable bonds is 5. The quantitative estimate of drug-likeness (QED) is 0.569. The first kappa shape index (κ1) is 21.5. The molecule has 1 N–H and O–H groups in total. The van der Waals surface area contributed by atoms with Gasteiger partial charge in [0.25, 0.3) is 0 Å². The van der Waals surface area contributed by atoms with Gasteiger partial charge in [0, 0.05) is 36.5 Å². The fraction of sp³-hybridized carbons (Fsp3) is 0.320. The normalized spacial score (nSPS) is 14.9. The van der Waals surface area contributed by atoms with Crippen LogP contribution in [0.25, 0.3) is 16.7 Å². The van der Waals surface area contributed by atoms with Gasteiger partial charge in [-0.3, -0.25) is 4.79 Å². The number of esters is 1. The Morgan fingerprint density at radius 3 is 2.56 bits per heavy atom. The maximum absolute atomic E-state index is 12.5. The zero-order chi connectivity index (χ0) is 23.0. The second kappa shape index (κ2) is 8.44. The summed E-state index contributed by atoms with van der Waals surface area (Å²) >= 11 is 0. The van der Waals surface area contributed by atoms with Gasteiger partial charge in [0.1, 0.15) is 11.8 Å². The van der Waals surface area contributed by atoms with Crippen LogP contribution in [0.3, 0.4) is 0 Å². The van der Waals surface area contributed by atoms with E-state index in [1.165, 1.54) is 6.92 Å². The first-order chi connectivity index (χ1) is 15.3. The van der Waals surface area contributed by atoms with E-state index in [1.54, 1.807) is 19.3 Å². The molecule has 1 aromatic heterocycles. The number of anilines is 2. The average Bonchev–Trinajstić information content (AvgIpc) is 3.59. The van der Waals surface area contributed by atoms with Crippen LogP contribution in [0.5, 0.6) is 0 Å². The molecule has 0 saturated heterocycles. The minimum absolute atomic E-state index is 0.171. The van der Waals surface area contributed by atoms with E-state index in [0.717, 1.165) is 40.8 Å². The van der Waals surface area contributed by atoms with E-state index in [-0.39, 0.29) is 29.7 Å². The van der Waals surface area contributed by atoms with Crippen molar-refractivity contribution in [3.05, 3.63) is 52.9 Å². The number of nitrogens with zero attached hydrogens (tertiary/aromatic N) is 2. The summed E-state index contributed by atoms with van der Waals surface area (Å²) in [5.41, 5.74) is 5.76. The van der Waals surface area contributed by atoms with E-state index in [9.17, 15) is 14.4 Å². The number of nitrogens with one attached hydrogen (secondary N) is 1. The molecule has 7 heteroatoms. The van der Waals surface area contributed by atoms with Crippen molar-refractivity contribution < 1.29 is 19.1 Å². The number of hydrogen-bond acceptors (Lipinski definition) is 6. The van der Waals surface area contributed by atoms with Crippen LogP contribution in [0.4, 0.5) is 11.5 Å². The highest BCUT2D eigenvalue weighted by Gasteiger charge is 2.37. The van der Waals surface area contributed by atoms with E-state index in [0.29, 0.717) is 11.4 Å². The number of aryl methyl sites for hydroxylation is 1. The zero-order valence-corrected chi connectivity index (χ0v) is 18.6. The van der Waals surface area contributed by atoms with Crippen molar-refractivity contribution in [3.8, 4) is 11.1 Å². The number of hydrogen-bond donors (Lipinski definition) is 1. The summed E-state index contributed by atoms with van der Waals surface area (Å²) in [5, 5.41) is 2.73. The van der Waals surface area contributed by atoms with Gasteiger partial charge in [-0.05, 0) is 56.4 Å². The van der Waals surface area contributed by atoms with Crippen molar-refractivity contribution in [3.63, 3.8) is 0 Å². The molecule has 1 amide bonds. The number of carbonyl (C=O) groups excluding carboxylic acids is 3. The van der Waals surface area contributed by atoms with Crippen LogP contribution in [-0.4, -0.2) is 35.5 Å². The molecule has 0 radical (unpaired) electrons. The fourth-order valence-electron chi connectivity index (χ4n) is 4.09. The number of ether oxygens (including phenoxy) is 1. The van der Waals surface area contributed by atoms with Crippen molar-refractivity contribution in [1.29, 1.82) is 0 Å². The molecule has 32 heavy (non-hydrogen) atoms. The molecule has 7 nitrogen and oxygen atoms in total. The number of fused-ring (bicyclic) bond motifs is 1. The predicted octanol–water partition coefficient (Wildman–Crippen LogP) is 3.97. The highest BCUT2D eigenvalue weighted by atomic mass is 16.5. The van der Waals surface area contributed by atoms with Gasteiger partial charge in [0.2, 0.25) is 5.91 Å². The van der Waals surface area contributed by atoms with Crippen molar-refractivity contribution >= 4 is 34.9 Å². The van der Waals surface area contributed by atoms with Crippen LogP contribution in [0, 0.1) is 13.8 Å². The van der Waals surface area contributed by atoms with Gasteiger partial charge in [-0.2, -0.15) is 0 Å². The molecular weight excluding hydrogens is 406 g/mol. The molecule has 1 saturated carbocycles. The van der Waals surface area contributed by atoms with Crippen LogP contribution in [-0.2, 0) is 19.1 Å². The summed E-state index contributed by atoms with van der Waals surface area (Å²) in [4.78, 5) is 42.3. The number of amides is 1. The van der Waals surface area contributed by atoms with Gasteiger partial charge in [-0.25, -0.2) is 14.6 Å². The molecule has 0 unspecified atom stereocenters. The molecule has 2 aliphatic rings. The number of benzene rings is 1. The van der Waals surface area contributed by atoms with Gasteiger partial charge in [0.05, 0.1) is 23.4 Å². The first-order valence-corrected chi connectivity index (χ1v) is 10.7. The summed E-state index contributed by atoms with van der Waals surface area (Å²) in [6, 6.07) is 6.05. The van der Waals surface area contributed by atoms with E-state index in [4.69, 9.17) is 4.74 Å². The second-order valence-corrected chi connectivity index (χ2v) is 8.08. The van der Waals surface area contributed by atoms with E-state index < -0.39 is 5.97 Å². The summed E-state index contributed by atoms with van der Waals surface area (Å²) in [5.74, 6) is 1.81. The molecule has 164 valence electrons. The Morgan fingerprint density at radius 1 is 1.25 bits per heavy atom. The lowest BCUT2D eigenvalue weighted by atomic mass is 9.88. The summed E-state index contributed by atoms with van der Waals surface area (Å²) in [7, 11) is 0. The summed E-state index contributed by atoms with van der Waals surface area (Å²) < 4.78 is 5.18. The van der Waals surface area contributed by atoms with E-state index in [1.807, 2.05) is 38.0 Å². The van der Waals surface area contributed by atoms with Crippen molar-refractivity contribution in [2.75, 3.05) is 16.8 Å². The van der Waals surface area contributed by atoms with Gasteiger partial charge >= 0.3 is 5.97 Å². The van der Waals surface area contributed by atoms with Gasteiger partial charge in [0.15, 0.2) is 0 Å². The Labute approximate surface area is 186 Å². The fourth-order valence-corrected chi connectivity index (χ4v) is 4.09. The van der Waals surface area contributed by atoms with Crippen LogP contribution < -0.4 is 10.2 Å². The van der Waals surface area contributed by atoms with Gasteiger partial charge in [-0.1, -0.05) is 12.1 Å². The van der Waals surface area contributed by atoms with Gasteiger partial charge < -0.3 is 15.0 Å². The van der Waals surface area contributed by atoms with Crippen LogP contribution in [0.1, 0.15) is 43.4 Å². The molecular formula is C25H25N3O4. The minimum Gasteiger partial charge on any atom is -0.462 e. The molecule has 2 aromatic rings.